The number of hydrogen-bond donors (Lipinski definition) is 0. The van der Waals surface area contributed by atoms with Crippen molar-refractivity contribution in [1.82, 2.24) is 9.80 Å². The Morgan fingerprint density at radius 1 is 1.13 bits per heavy atom. The standard InChI is InChI=1S/C19H26N2O2/c1-14-7-5-6-11-20(14)19(23)13-18-17-9-4-3-8-16(17)10-12-21(18)15(2)22/h3-4,8-9,14,18H,5-7,10-13H2,1-2H3. The van der Waals surface area contributed by atoms with Gasteiger partial charge >= 0.3 is 0 Å². The van der Waals surface area contributed by atoms with Gasteiger partial charge in [-0.2, -0.15) is 0 Å². The Hall–Kier alpha value is -1.84. The minimum Gasteiger partial charge on any atom is -0.340 e. The van der Waals surface area contributed by atoms with Gasteiger partial charge in [0.15, 0.2) is 0 Å². The third kappa shape index (κ3) is 3.26. The molecule has 4 nitrogen and oxygen atoms in total. The first kappa shape index (κ1) is 16.0. The molecule has 2 aliphatic heterocycles. The van der Waals surface area contributed by atoms with E-state index in [1.54, 1.807) is 6.92 Å². The Kier molecular flexibility index (Phi) is 4.69. The molecule has 23 heavy (non-hydrogen) atoms. The summed E-state index contributed by atoms with van der Waals surface area (Å²) in [6, 6.07) is 8.44. The topological polar surface area (TPSA) is 40.6 Å². The second kappa shape index (κ2) is 6.73. The molecule has 1 aromatic rings. The molecule has 3 rings (SSSR count). The van der Waals surface area contributed by atoms with Gasteiger partial charge in [0, 0.05) is 26.1 Å². The normalized spacial score (nSPS) is 24.3. The van der Waals surface area contributed by atoms with Gasteiger partial charge in [0.2, 0.25) is 11.8 Å². The molecular formula is C19H26N2O2. The number of likely N-dealkylation sites (tertiary alicyclic amines) is 1. The number of rotatable bonds is 2. The fourth-order valence-corrected chi connectivity index (χ4v) is 4.00. The van der Waals surface area contributed by atoms with Crippen LogP contribution in [-0.2, 0) is 16.0 Å². The van der Waals surface area contributed by atoms with Crippen molar-refractivity contribution in [3.63, 3.8) is 0 Å². The fraction of sp³-hybridized carbons (Fsp3) is 0.579. The third-order valence-corrected chi connectivity index (χ3v) is 5.31. The Labute approximate surface area is 138 Å². The summed E-state index contributed by atoms with van der Waals surface area (Å²) in [5, 5.41) is 0. The summed E-state index contributed by atoms with van der Waals surface area (Å²) in [5.41, 5.74) is 2.42. The number of piperidine rings is 1. The number of carbonyl (C=O) groups excluding carboxylic acids is 2. The minimum absolute atomic E-state index is 0.0593. The summed E-state index contributed by atoms with van der Waals surface area (Å²) >= 11 is 0. The molecule has 0 aliphatic carbocycles. The molecule has 0 saturated carbocycles. The highest BCUT2D eigenvalue weighted by Gasteiger charge is 2.33. The number of amides is 2. The van der Waals surface area contributed by atoms with Crippen molar-refractivity contribution in [2.75, 3.05) is 13.1 Å². The summed E-state index contributed by atoms with van der Waals surface area (Å²) in [5.74, 6) is 0.245. The van der Waals surface area contributed by atoms with Crippen molar-refractivity contribution in [1.29, 1.82) is 0 Å². The van der Waals surface area contributed by atoms with Crippen molar-refractivity contribution < 1.29 is 9.59 Å². The van der Waals surface area contributed by atoms with Gasteiger partial charge in [0.25, 0.3) is 0 Å². The van der Waals surface area contributed by atoms with E-state index < -0.39 is 0 Å². The van der Waals surface area contributed by atoms with Crippen LogP contribution < -0.4 is 0 Å². The summed E-state index contributed by atoms with van der Waals surface area (Å²) < 4.78 is 0. The average Bonchev–Trinajstić information content (AvgIpc) is 2.55. The number of carbonyl (C=O) groups is 2. The molecule has 2 unspecified atom stereocenters. The fourth-order valence-electron chi connectivity index (χ4n) is 4.00. The average molecular weight is 314 g/mol. The molecular weight excluding hydrogens is 288 g/mol. The van der Waals surface area contributed by atoms with E-state index in [0.29, 0.717) is 19.0 Å². The molecule has 0 N–H and O–H groups in total. The van der Waals surface area contributed by atoms with E-state index >= 15 is 0 Å². The zero-order valence-corrected chi connectivity index (χ0v) is 14.1. The smallest absolute Gasteiger partial charge is 0.225 e. The summed E-state index contributed by atoms with van der Waals surface area (Å²) in [7, 11) is 0. The first-order valence-corrected chi connectivity index (χ1v) is 8.72. The lowest BCUT2D eigenvalue weighted by Gasteiger charge is -2.39. The minimum atomic E-state index is -0.112. The van der Waals surface area contributed by atoms with Crippen molar-refractivity contribution >= 4 is 11.8 Å². The molecule has 2 heterocycles. The van der Waals surface area contributed by atoms with Gasteiger partial charge < -0.3 is 9.80 Å². The van der Waals surface area contributed by atoms with Crippen LogP contribution in [0.3, 0.4) is 0 Å². The van der Waals surface area contributed by atoms with Crippen LogP contribution in [0.15, 0.2) is 24.3 Å². The van der Waals surface area contributed by atoms with Crippen molar-refractivity contribution in [3.05, 3.63) is 35.4 Å². The Bertz CT molecular complexity index is 599. The quantitative estimate of drug-likeness (QED) is 0.842. The molecule has 2 atom stereocenters. The van der Waals surface area contributed by atoms with Crippen LogP contribution in [0.1, 0.15) is 56.7 Å². The second-order valence-electron chi connectivity index (χ2n) is 6.81. The lowest BCUT2D eigenvalue weighted by atomic mass is 9.90. The van der Waals surface area contributed by atoms with Gasteiger partial charge in [-0.3, -0.25) is 9.59 Å². The van der Waals surface area contributed by atoms with Crippen LogP contribution in [0, 0.1) is 0 Å². The van der Waals surface area contributed by atoms with Crippen LogP contribution in [0.5, 0.6) is 0 Å². The predicted molar refractivity (Wildman–Crippen MR) is 89.9 cm³/mol. The van der Waals surface area contributed by atoms with Gasteiger partial charge in [-0.25, -0.2) is 0 Å². The zero-order chi connectivity index (χ0) is 16.4. The second-order valence-corrected chi connectivity index (χ2v) is 6.81. The van der Waals surface area contributed by atoms with Gasteiger partial charge in [0.1, 0.15) is 0 Å². The highest BCUT2D eigenvalue weighted by atomic mass is 16.2. The molecule has 0 aromatic heterocycles. The third-order valence-electron chi connectivity index (χ3n) is 5.31. The van der Waals surface area contributed by atoms with Gasteiger partial charge in [0.05, 0.1) is 12.5 Å². The van der Waals surface area contributed by atoms with E-state index in [4.69, 9.17) is 0 Å². The van der Waals surface area contributed by atoms with E-state index in [0.717, 1.165) is 31.4 Å². The van der Waals surface area contributed by atoms with Crippen LogP contribution >= 0.6 is 0 Å². The molecule has 2 aliphatic rings. The lowest BCUT2D eigenvalue weighted by Crippen LogP contribution is -2.45. The van der Waals surface area contributed by atoms with E-state index in [1.807, 2.05) is 21.9 Å². The summed E-state index contributed by atoms with van der Waals surface area (Å²) in [6.07, 6.45) is 4.66. The Balaban J connectivity index is 1.83. The van der Waals surface area contributed by atoms with E-state index in [9.17, 15) is 9.59 Å². The molecule has 1 saturated heterocycles. The van der Waals surface area contributed by atoms with Crippen LogP contribution in [0.25, 0.3) is 0 Å². The first-order chi connectivity index (χ1) is 11.1. The first-order valence-electron chi connectivity index (χ1n) is 8.72. The van der Waals surface area contributed by atoms with Crippen LogP contribution in [0.4, 0.5) is 0 Å². The largest absolute Gasteiger partial charge is 0.340 e. The zero-order valence-electron chi connectivity index (χ0n) is 14.1. The molecule has 1 fully saturated rings. The van der Waals surface area contributed by atoms with Crippen molar-refractivity contribution in [2.24, 2.45) is 0 Å². The van der Waals surface area contributed by atoms with Crippen molar-refractivity contribution in [2.45, 2.75) is 58.0 Å². The van der Waals surface area contributed by atoms with Gasteiger partial charge in [-0.1, -0.05) is 24.3 Å². The van der Waals surface area contributed by atoms with Crippen LogP contribution in [-0.4, -0.2) is 40.7 Å². The van der Waals surface area contributed by atoms with E-state index in [1.165, 1.54) is 12.0 Å². The van der Waals surface area contributed by atoms with E-state index in [2.05, 4.69) is 19.1 Å². The van der Waals surface area contributed by atoms with Crippen molar-refractivity contribution in [3.8, 4) is 0 Å². The van der Waals surface area contributed by atoms with Gasteiger partial charge in [-0.05, 0) is 43.7 Å². The number of hydrogen-bond acceptors (Lipinski definition) is 2. The predicted octanol–water partition coefficient (Wildman–Crippen LogP) is 2.92. The molecule has 124 valence electrons. The number of nitrogens with zero attached hydrogens (tertiary/aromatic N) is 2. The summed E-state index contributed by atoms with van der Waals surface area (Å²) in [6.45, 7) is 5.30. The number of benzene rings is 1. The van der Waals surface area contributed by atoms with E-state index in [-0.39, 0.29) is 17.9 Å². The number of fused-ring (bicyclic) bond motifs is 1. The maximum atomic E-state index is 12.8. The highest BCUT2D eigenvalue weighted by Crippen LogP contribution is 2.33. The molecule has 4 heteroatoms. The van der Waals surface area contributed by atoms with Crippen LogP contribution in [0.2, 0.25) is 0 Å². The monoisotopic (exact) mass is 314 g/mol. The Morgan fingerprint density at radius 2 is 1.91 bits per heavy atom. The molecule has 0 spiro atoms. The highest BCUT2D eigenvalue weighted by molar-refractivity contribution is 5.80. The SMILES string of the molecule is CC(=O)N1CCc2ccccc2C1CC(=O)N1CCCCC1C. The lowest BCUT2D eigenvalue weighted by molar-refractivity contribution is -0.138. The maximum Gasteiger partial charge on any atom is 0.225 e. The molecule has 1 aromatic carbocycles. The Morgan fingerprint density at radius 3 is 2.65 bits per heavy atom. The maximum absolute atomic E-state index is 12.8. The molecule has 0 radical (unpaired) electrons. The molecule has 0 bridgehead atoms. The summed E-state index contributed by atoms with van der Waals surface area (Å²) in [4.78, 5) is 28.8. The molecule has 2 amide bonds. The van der Waals surface area contributed by atoms with Gasteiger partial charge in [-0.15, -0.1) is 0 Å².